The molecule has 0 bridgehead atoms. The van der Waals surface area contributed by atoms with E-state index < -0.39 is 5.60 Å². The molecule has 1 radical (unpaired) electrons. The fraction of sp³-hybridized carbons (Fsp3) is 0.625. The van der Waals surface area contributed by atoms with Gasteiger partial charge in [-0.15, -0.1) is 0 Å². The van der Waals surface area contributed by atoms with E-state index in [4.69, 9.17) is 5.11 Å². The highest BCUT2D eigenvalue weighted by molar-refractivity contribution is 4.94. The van der Waals surface area contributed by atoms with Crippen molar-refractivity contribution in [3.63, 3.8) is 0 Å². The summed E-state index contributed by atoms with van der Waals surface area (Å²) in [6.45, 7) is 7.19. The highest BCUT2D eigenvalue weighted by Crippen LogP contribution is 2.03. The molecule has 0 amide bonds. The quantitative estimate of drug-likeness (QED) is 0.574. The van der Waals surface area contributed by atoms with Crippen molar-refractivity contribution in [1.82, 2.24) is 0 Å². The van der Waals surface area contributed by atoms with E-state index in [9.17, 15) is 0 Å². The first kappa shape index (κ1) is 8.70. The second-order valence-corrected chi connectivity index (χ2v) is 2.70. The van der Waals surface area contributed by atoms with Crippen molar-refractivity contribution in [3.8, 4) is 0 Å². The Hall–Kier alpha value is -0.300. The van der Waals surface area contributed by atoms with Crippen molar-refractivity contribution in [1.29, 1.82) is 0 Å². The molecule has 0 saturated carbocycles. The van der Waals surface area contributed by atoms with Crippen molar-refractivity contribution in [2.45, 2.75) is 32.3 Å². The maximum absolute atomic E-state index is 9.14. The topological polar surface area (TPSA) is 20.2 Å². The lowest BCUT2D eigenvalue weighted by Gasteiger charge is -2.09. The summed E-state index contributed by atoms with van der Waals surface area (Å²) in [5, 5.41) is 9.14. The third-order valence-corrected chi connectivity index (χ3v) is 0.897. The van der Waals surface area contributed by atoms with Gasteiger partial charge in [0.2, 0.25) is 0 Å². The molecule has 53 valence electrons. The minimum atomic E-state index is -0.658. The van der Waals surface area contributed by atoms with Crippen LogP contribution in [0.4, 0.5) is 0 Å². The van der Waals surface area contributed by atoms with E-state index in [1.807, 2.05) is 6.08 Å². The number of rotatable bonds is 3. The minimum Gasteiger partial charge on any atom is -0.386 e. The summed E-state index contributed by atoms with van der Waals surface area (Å²) >= 11 is 0. The Bertz CT molecular complexity index is 87.2. The molecule has 0 aromatic rings. The summed E-state index contributed by atoms with van der Waals surface area (Å²) in [6.07, 6.45) is 5.59. The van der Waals surface area contributed by atoms with Gasteiger partial charge in [-0.25, -0.2) is 0 Å². The van der Waals surface area contributed by atoms with Gasteiger partial charge in [0.25, 0.3) is 0 Å². The molecule has 1 N–H and O–H groups in total. The summed E-state index contributed by atoms with van der Waals surface area (Å²) in [5.41, 5.74) is -0.658. The third kappa shape index (κ3) is 7.70. The molecule has 0 fully saturated rings. The lowest BCUT2D eigenvalue weighted by molar-refractivity contribution is 0.133. The van der Waals surface area contributed by atoms with Crippen LogP contribution in [0.1, 0.15) is 26.7 Å². The fourth-order valence-electron chi connectivity index (χ4n) is 0.490. The minimum absolute atomic E-state index is 0.658. The molecule has 0 atom stereocenters. The predicted octanol–water partition coefficient (Wildman–Crippen LogP) is 1.93. The summed E-state index contributed by atoms with van der Waals surface area (Å²) in [6, 6.07) is 0. The number of unbranched alkanes of at least 4 members (excludes halogenated alkanes) is 1. The van der Waals surface area contributed by atoms with Crippen LogP contribution in [0.5, 0.6) is 0 Å². The molecule has 0 aromatic heterocycles. The average molecular weight is 127 g/mol. The predicted molar refractivity (Wildman–Crippen MR) is 40.0 cm³/mol. The van der Waals surface area contributed by atoms with Gasteiger partial charge >= 0.3 is 0 Å². The normalized spacial score (nSPS) is 12.9. The Labute approximate surface area is 57.4 Å². The Morgan fingerprint density at radius 2 is 2.11 bits per heavy atom. The van der Waals surface area contributed by atoms with Crippen LogP contribution < -0.4 is 0 Å². The van der Waals surface area contributed by atoms with Gasteiger partial charge in [0, 0.05) is 0 Å². The second kappa shape index (κ2) is 3.67. The van der Waals surface area contributed by atoms with E-state index in [0.29, 0.717) is 0 Å². The molecule has 0 aliphatic heterocycles. The van der Waals surface area contributed by atoms with Crippen LogP contribution in [0.3, 0.4) is 0 Å². The number of aliphatic hydroxyl groups is 1. The monoisotopic (exact) mass is 127 g/mol. The first-order chi connectivity index (χ1) is 4.06. The zero-order valence-corrected chi connectivity index (χ0v) is 6.22. The van der Waals surface area contributed by atoms with Gasteiger partial charge < -0.3 is 5.11 Å². The van der Waals surface area contributed by atoms with E-state index in [-0.39, 0.29) is 0 Å². The van der Waals surface area contributed by atoms with Crippen LogP contribution in [-0.2, 0) is 0 Å². The van der Waals surface area contributed by atoms with E-state index in [2.05, 4.69) is 6.92 Å². The molecule has 0 aliphatic rings. The zero-order valence-electron chi connectivity index (χ0n) is 6.22. The molecular weight excluding hydrogens is 112 g/mol. The fourth-order valence-corrected chi connectivity index (χ4v) is 0.490. The number of hydrogen-bond acceptors (Lipinski definition) is 1. The van der Waals surface area contributed by atoms with Gasteiger partial charge in [0.05, 0.1) is 5.60 Å². The van der Waals surface area contributed by atoms with Crippen LogP contribution in [0, 0.1) is 6.92 Å². The van der Waals surface area contributed by atoms with Crippen LogP contribution in [-0.4, -0.2) is 10.7 Å². The molecule has 0 heterocycles. The van der Waals surface area contributed by atoms with Gasteiger partial charge in [0.15, 0.2) is 0 Å². The Balaban J connectivity index is 3.45. The van der Waals surface area contributed by atoms with Crippen molar-refractivity contribution in [2.24, 2.45) is 0 Å². The third-order valence-electron chi connectivity index (χ3n) is 0.897. The van der Waals surface area contributed by atoms with E-state index in [1.165, 1.54) is 0 Å². The molecule has 1 heteroatoms. The molecule has 1 nitrogen and oxygen atoms in total. The molecule has 0 spiro atoms. The lowest BCUT2D eigenvalue weighted by Crippen LogP contribution is -2.13. The lowest BCUT2D eigenvalue weighted by atomic mass is 10.1. The standard InChI is InChI=1S/C8H15O/c1-4-5-6-7-8(2,3)9/h6-7,9H,1,4-5H2,2-3H3. The largest absolute Gasteiger partial charge is 0.386 e. The van der Waals surface area contributed by atoms with Crippen LogP contribution in [0.25, 0.3) is 0 Å². The maximum atomic E-state index is 9.14. The van der Waals surface area contributed by atoms with Crippen LogP contribution in [0.2, 0.25) is 0 Å². The number of allylic oxidation sites excluding steroid dienone is 1. The highest BCUT2D eigenvalue weighted by Gasteiger charge is 2.04. The van der Waals surface area contributed by atoms with Gasteiger partial charge in [0.1, 0.15) is 0 Å². The summed E-state index contributed by atoms with van der Waals surface area (Å²) in [5.74, 6) is 0. The molecule has 9 heavy (non-hydrogen) atoms. The van der Waals surface area contributed by atoms with E-state index in [1.54, 1.807) is 19.9 Å². The Morgan fingerprint density at radius 3 is 2.44 bits per heavy atom. The highest BCUT2D eigenvalue weighted by atomic mass is 16.3. The summed E-state index contributed by atoms with van der Waals surface area (Å²) < 4.78 is 0. The smallest absolute Gasteiger partial charge is 0.0771 e. The SMILES string of the molecule is [CH2]CCC=CC(C)(C)O. The Morgan fingerprint density at radius 1 is 1.56 bits per heavy atom. The van der Waals surface area contributed by atoms with Gasteiger partial charge in [-0.05, 0) is 26.7 Å². The van der Waals surface area contributed by atoms with Crippen molar-refractivity contribution in [2.75, 3.05) is 0 Å². The summed E-state index contributed by atoms with van der Waals surface area (Å²) in [4.78, 5) is 0. The average Bonchev–Trinajstić information content (AvgIpc) is 1.63. The molecule has 0 unspecified atom stereocenters. The zero-order chi connectivity index (χ0) is 7.33. The molecule has 0 aliphatic carbocycles. The van der Waals surface area contributed by atoms with Crippen molar-refractivity contribution >= 4 is 0 Å². The van der Waals surface area contributed by atoms with Gasteiger partial charge in [-0.1, -0.05) is 19.1 Å². The molecule has 0 saturated heterocycles. The van der Waals surface area contributed by atoms with Gasteiger partial charge in [-0.2, -0.15) is 0 Å². The molecule has 0 rings (SSSR count). The molecule has 0 aromatic carbocycles. The number of hydrogen-bond donors (Lipinski definition) is 1. The van der Waals surface area contributed by atoms with Crippen molar-refractivity contribution < 1.29 is 5.11 Å². The van der Waals surface area contributed by atoms with Gasteiger partial charge in [-0.3, -0.25) is 0 Å². The first-order valence-electron chi connectivity index (χ1n) is 3.25. The Kier molecular flexibility index (Phi) is 3.55. The van der Waals surface area contributed by atoms with Crippen molar-refractivity contribution in [3.05, 3.63) is 19.1 Å². The first-order valence-corrected chi connectivity index (χ1v) is 3.25. The van der Waals surface area contributed by atoms with E-state index in [0.717, 1.165) is 12.8 Å². The second-order valence-electron chi connectivity index (χ2n) is 2.70. The van der Waals surface area contributed by atoms with Crippen LogP contribution >= 0.6 is 0 Å². The maximum Gasteiger partial charge on any atom is 0.0771 e. The summed E-state index contributed by atoms with van der Waals surface area (Å²) in [7, 11) is 0. The van der Waals surface area contributed by atoms with E-state index >= 15 is 0 Å². The molecular formula is C8H15O. The van der Waals surface area contributed by atoms with Crippen LogP contribution in [0.15, 0.2) is 12.2 Å².